The average molecular weight is 637 g/mol. The Morgan fingerprint density at radius 2 is 1.50 bits per heavy atom. The van der Waals surface area contributed by atoms with E-state index in [0.717, 1.165) is 9.87 Å². The van der Waals surface area contributed by atoms with Crippen LogP contribution in [0.25, 0.3) is 0 Å². The Morgan fingerprint density at radius 3 is 2.05 bits per heavy atom. The predicted octanol–water partition coefficient (Wildman–Crippen LogP) is 5.46. The lowest BCUT2D eigenvalue weighted by Gasteiger charge is -2.32. The van der Waals surface area contributed by atoms with Crippen LogP contribution in [0.4, 0.5) is 5.69 Å². The van der Waals surface area contributed by atoms with Crippen molar-refractivity contribution in [3.05, 3.63) is 81.8 Å². The van der Waals surface area contributed by atoms with Crippen LogP contribution in [0.15, 0.2) is 65.6 Å². The van der Waals surface area contributed by atoms with E-state index in [4.69, 9.17) is 32.7 Å². The third-order valence-corrected chi connectivity index (χ3v) is 9.01. The largest absolute Gasteiger partial charge is 0.493 e. The standard InChI is InChI=1S/C30H35Cl2N3O6S/c1-19(2)33-30(37)21(4)34(17-24-25(31)8-7-9-26(24)32)29(36)18-35(22-12-10-20(3)11-13-22)42(38,39)23-14-15-27(40-5)28(16-23)41-6/h7-16,19,21H,17-18H2,1-6H3,(H,33,37)/t21-/m1/s1. The van der Waals surface area contributed by atoms with Crippen molar-refractivity contribution in [3.8, 4) is 11.5 Å². The van der Waals surface area contributed by atoms with Crippen LogP contribution in [0.5, 0.6) is 11.5 Å². The number of carbonyl (C=O) groups is 2. The van der Waals surface area contributed by atoms with Crippen LogP contribution < -0.4 is 19.1 Å². The zero-order chi connectivity index (χ0) is 31.2. The molecule has 226 valence electrons. The highest BCUT2D eigenvalue weighted by atomic mass is 35.5. The maximum absolute atomic E-state index is 14.1. The van der Waals surface area contributed by atoms with E-state index in [9.17, 15) is 18.0 Å². The molecule has 0 aliphatic heterocycles. The van der Waals surface area contributed by atoms with Gasteiger partial charge in [-0.1, -0.05) is 47.0 Å². The van der Waals surface area contributed by atoms with E-state index in [2.05, 4.69) is 5.32 Å². The van der Waals surface area contributed by atoms with Crippen molar-refractivity contribution < 1.29 is 27.5 Å². The van der Waals surface area contributed by atoms with Crippen LogP contribution in [0.3, 0.4) is 0 Å². The Kier molecular flexibility index (Phi) is 11.1. The van der Waals surface area contributed by atoms with E-state index in [1.807, 2.05) is 6.92 Å². The number of sulfonamides is 1. The fourth-order valence-corrected chi connectivity index (χ4v) is 6.13. The first-order valence-corrected chi connectivity index (χ1v) is 15.3. The molecule has 0 radical (unpaired) electrons. The van der Waals surface area contributed by atoms with Gasteiger partial charge < -0.3 is 19.7 Å². The van der Waals surface area contributed by atoms with Gasteiger partial charge in [-0.3, -0.25) is 13.9 Å². The molecule has 0 aliphatic rings. The number of rotatable bonds is 12. The molecule has 3 aromatic rings. The number of anilines is 1. The first-order chi connectivity index (χ1) is 19.8. The summed E-state index contributed by atoms with van der Waals surface area (Å²) in [4.78, 5) is 28.3. The van der Waals surface area contributed by atoms with Crippen molar-refractivity contribution >= 4 is 50.7 Å². The van der Waals surface area contributed by atoms with Crippen molar-refractivity contribution in [2.75, 3.05) is 25.1 Å². The van der Waals surface area contributed by atoms with Gasteiger partial charge in [-0.15, -0.1) is 0 Å². The third kappa shape index (κ3) is 7.67. The van der Waals surface area contributed by atoms with Gasteiger partial charge in [0.05, 0.1) is 24.8 Å². The fraction of sp³-hybridized carbons (Fsp3) is 0.333. The molecule has 0 aromatic heterocycles. The van der Waals surface area contributed by atoms with Crippen LogP contribution in [0.1, 0.15) is 31.9 Å². The SMILES string of the molecule is COc1ccc(S(=O)(=O)N(CC(=O)N(Cc2c(Cl)cccc2Cl)[C@H](C)C(=O)NC(C)C)c2ccc(C)cc2)cc1OC. The number of aryl methyl sites for hydroxylation is 1. The molecule has 12 heteroatoms. The lowest BCUT2D eigenvalue weighted by molar-refractivity contribution is -0.139. The number of hydrogen-bond acceptors (Lipinski definition) is 6. The Balaban J connectivity index is 2.10. The van der Waals surface area contributed by atoms with Gasteiger partial charge in [-0.25, -0.2) is 8.42 Å². The second kappa shape index (κ2) is 14.1. The van der Waals surface area contributed by atoms with Gasteiger partial charge in [-0.2, -0.15) is 0 Å². The van der Waals surface area contributed by atoms with Crippen LogP contribution in [0.2, 0.25) is 10.0 Å². The van der Waals surface area contributed by atoms with Gasteiger partial charge in [-0.05, 0) is 64.1 Å². The minimum absolute atomic E-state index is 0.111. The number of amides is 2. The minimum atomic E-state index is -4.31. The molecule has 0 unspecified atom stereocenters. The smallest absolute Gasteiger partial charge is 0.264 e. The van der Waals surface area contributed by atoms with Crippen molar-refractivity contribution in [3.63, 3.8) is 0 Å². The zero-order valence-electron chi connectivity index (χ0n) is 24.4. The molecule has 0 heterocycles. The molecule has 0 aliphatic carbocycles. The van der Waals surface area contributed by atoms with E-state index in [1.54, 1.807) is 63.2 Å². The van der Waals surface area contributed by atoms with Gasteiger partial charge in [0.15, 0.2) is 11.5 Å². The number of nitrogens with one attached hydrogen (secondary N) is 1. The number of hydrogen-bond donors (Lipinski definition) is 1. The number of nitrogens with zero attached hydrogens (tertiary/aromatic N) is 2. The van der Waals surface area contributed by atoms with Crippen molar-refractivity contribution in [1.82, 2.24) is 10.2 Å². The topological polar surface area (TPSA) is 105 Å². The summed E-state index contributed by atoms with van der Waals surface area (Å²) in [5.41, 5.74) is 1.60. The minimum Gasteiger partial charge on any atom is -0.493 e. The lowest BCUT2D eigenvalue weighted by Crippen LogP contribution is -2.52. The molecule has 1 atom stereocenters. The summed E-state index contributed by atoms with van der Waals surface area (Å²) in [5.74, 6) is -0.488. The molecule has 42 heavy (non-hydrogen) atoms. The first kappa shape index (κ1) is 33.0. The van der Waals surface area contributed by atoms with Crippen molar-refractivity contribution in [1.29, 1.82) is 0 Å². The van der Waals surface area contributed by atoms with Crippen molar-refractivity contribution in [2.45, 2.75) is 51.2 Å². The highest BCUT2D eigenvalue weighted by Crippen LogP contribution is 2.33. The van der Waals surface area contributed by atoms with Crippen LogP contribution >= 0.6 is 23.2 Å². The Morgan fingerprint density at radius 1 is 0.905 bits per heavy atom. The molecule has 3 aromatic carbocycles. The fourth-order valence-electron chi connectivity index (χ4n) is 4.19. The van der Waals surface area contributed by atoms with Gasteiger partial charge in [0.25, 0.3) is 10.0 Å². The van der Waals surface area contributed by atoms with E-state index < -0.39 is 34.4 Å². The van der Waals surface area contributed by atoms with E-state index in [0.29, 0.717) is 21.4 Å². The summed E-state index contributed by atoms with van der Waals surface area (Å²) >= 11 is 12.8. The summed E-state index contributed by atoms with van der Waals surface area (Å²) in [6.45, 7) is 6.31. The quantitative estimate of drug-likeness (QED) is 0.283. The van der Waals surface area contributed by atoms with Gasteiger partial charge in [0.2, 0.25) is 11.8 Å². The Hall–Kier alpha value is -3.47. The second-order valence-electron chi connectivity index (χ2n) is 9.93. The maximum Gasteiger partial charge on any atom is 0.264 e. The molecule has 0 saturated carbocycles. The third-order valence-electron chi connectivity index (χ3n) is 6.53. The molecule has 0 bridgehead atoms. The summed E-state index contributed by atoms with van der Waals surface area (Å²) in [6, 6.07) is 14.7. The number of ether oxygens (including phenoxy) is 2. The number of carbonyl (C=O) groups excluding carboxylic acids is 2. The Bertz CT molecular complexity index is 1510. The van der Waals surface area contributed by atoms with Crippen LogP contribution in [-0.4, -0.2) is 58.0 Å². The highest BCUT2D eigenvalue weighted by Gasteiger charge is 2.33. The number of methoxy groups -OCH3 is 2. The summed E-state index contributed by atoms with van der Waals surface area (Å²) in [6.07, 6.45) is 0. The molecule has 9 nitrogen and oxygen atoms in total. The zero-order valence-corrected chi connectivity index (χ0v) is 26.7. The van der Waals surface area contributed by atoms with E-state index >= 15 is 0 Å². The number of benzene rings is 3. The summed E-state index contributed by atoms with van der Waals surface area (Å²) in [7, 11) is -1.47. The summed E-state index contributed by atoms with van der Waals surface area (Å²) < 4.78 is 39.8. The van der Waals surface area contributed by atoms with Crippen LogP contribution in [-0.2, 0) is 26.2 Å². The van der Waals surface area contributed by atoms with Crippen molar-refractivity contribution in [2.24, 2.45) is 0 Å². The molecular weight excluding hydrogens is 601 g/mol. The molecule has 0 spiro atoms. The first-order valence-electron chi connectivity index (χ1n) is 13.1. The molecule has 2 amide bonds. The van der Waals surface area contributed by atoms with Crippen LogP contribution in [0, 0.1) is 6.92 Å². The lowest BCUT2D eigenvalue weighted by atomic mass is 10.1. The molecular formula is C30H35Cl2N3O6S. The monoisotopic (exact) mass is 635 g/mol. The van der Waals surface area contributed by atoms with E-state index in [1.165, 1.54) is 37.3 Å². The molecule has 0 saturated heterocycles. The van der Waals surface area contributed by atoms with Gasteiger partial charge in [0.1, 0.15) is 12.6 Å². The second-order valence-corrected chi connectivity index (χ2v) is 12.6. The summed E-state index contributed by atoms with van der Waals surface area (Å²) in [5, 5.41) is 3.43. The number of halogens is 2. The molecule has 3 rings (SSSR count). The molecule has 1 N–H and O–H groups in total. The van der Waals surface area contributed by atoms with Gasteiger partial charge >= 0.3 is 0 Å². The Labute approximate surface area is 257 Å². The normalized spacial score (nSPS) is 12.0. The highest BCUT2D eigenvalue weighted by molar-refractivity contribution is 7.92. The predicted molar refractivity (Wildman–Crippen MR) is 165 cm³/mol. The van der Waals surface area contributed by atoms with E-state index in [-0.39, 0.29) is 28.9 Å². The van der Waals surface area contributed by atoms with Gasteiger partial charge in [0, 0.05) is 34.3 Å². The molecule has 0 fully saturated rings. The average Bonchev–Trinajstić information content (AvgIpc) is 2.95. The maximum atomic E-state index is 14.1.